The lowest BCUT2D eigenvalue weighted by Crippen LogP contribution is -2.26. The zero-order valence-corrected chi connectivity index (χ0v) is 9.64. The second kappa shape index (κ2) is 4.23. The molecule has 0 aliphatic heterocycles. The van der Waals surface area contributed by atoms with Gasteiger partial charge in [-0.25, -0.2) is 0 Å². The molecule has 2 nitrogen and oxygen atoms in total. The summed E-state index contributed by atoms with van der Waals surface area (Å²) >= 11 is 0. The van der Waals surface area contributed by atoms with Crippen LogP contribution in [0.2, 0.25) is 0 Å². The summed E-state index contributed by atoms with van der Waals surface area (Å²) in [5, 5.41) is 6.84. The van der Waals surface area contributed by atoms with Gasteiger partial charge in [0, 0.05) is 24.2 Å². The molecule has 15 heavy (non-hydrogen) atoms. The third kappa shape index (κ3) is 2.51. The molecule has 1 aliphatic carbocycles. The van der Waals surface area contributed by atoms with Gasteiger partial charge in [0.05, 0.1) is 0 Å². The molecular weight excluding hydrogens is 184 g/mol. The van der Waals surface area contributed by atoms with Crippen LogP contribution in [0.1, 0.15) is 18.4 Å². The monoisotopic (exact) mass is 204 g/mol. The molecule has 82 valence electrons. The first kappa shape index (κ1) is 10.5. The van der Waals surface area contributed by atoms with Crippen molar-refractivity contribution in [3.63, 3.8) is 0 Å². The van der Waals surface area contributed by atoms with Crippen LogP contribution in [0, 0.1) is 12.3 Å². The van der Waals surface area contributed by atoms with Crippen LogP contribution in [-0.4, -0.2) is 20.1 Å². The fourth-order valence-corrected chi connectivity index (χ4v) is 2.02. The van der Waals surface area contributed by atoms with Crippen LogP contribution in [0.4, 0.5) is 5.69 Å². The first-order chi connectivity index (χ1) is 7.26. The minimum absolute atomic E-state index is 0.525. The van der Waals surface area contributed by atoms with Crippen molar-refractivity contribution in [2.24, 2.45) is 5.41 Å². The molecule has 0 bridgehead atoms. The van der Waals surface area contributed by atoms with Gasteiger partial charge >= 0.3 is 0 Å². The molecule has 1 aromatic carbocycles. The van der Waals surface area contributed by atoms with Crippen molar-refractivity contribution in [1.29, 1.82) is 0 Å². The highest BCUT2D eigenvalue weighted by Crippen LogP contribution is 2.44. The van der Waals surface area contributed by atoms with Crippen LogP contribution in [0.25, 0.3) is 0 Å². The Bertz CT molecular complexity index is 329. The molecule has 0 spiro atoms. The van der Waals surface area contributed by atoms with E-state index in [2.05, 4.69) is 41.8 Å². The Morgan fingerprint density at radius 3 is 2.53 bits per heavy atom. The number of aryl methyl sites for hydroxylation is 1. The van der Waals surface area contributed by atoms with E-state index in [9.17, 15) is 0 Å². The number of nitrogens with one attached hydrogen (secondary N) is 2. The van der Waals surface area contributed by atoms with Gasteiger partial charge < -0.3 is 10.6 Å². The van der Waals surface area contributed by atoms with Crippen molar-refractivity contribution in [3.05, 3.63) is 29.8 Å². The zero-order chi connectivity index (χ0) is 10.7. The van der Waals surface area contributed by atoms with Crippen LogP contribution in [0.3, 0.4) is 0 Å². The van der Waals surface area contributed by atoms with Crippen molar-refractivity contribution in [3.8, 4) is 0 Å². The highest BCUT2D eigenvalue weighted by molar-refractivity contribution is 5.50. The van der Waals surface area contributed by atoms with Gasteiger partial charge in [-0.15, -0.1) is 0 Å². The van der Waals surface area contributed by atoms with Gasteiger partial charge in [0.25, 0.3) is 0 Å². The van der Waals surface area contributed by atoms with E-state index < -0.39 is 0 Å². The van der Waals surface area contributed by atoms with E-state index in [4.69, 9.17) is 0 Å². The Balaban J connectivity index is 1.91. The van der Waals surface area contributed by atoms with Gasteiger partial charge in [0.2, 0.25) is 0 Å². The van der Waals surface area contributed by atoms with Crippen LogP contribution in [0.15, 0.2) is 24.3 Å². The Morgan fingerprint density at radius 2 is 1.93 bits per heavy atom. The Hall–Kier alpha value is -1.02. The van der Waals surface area contributed by atoms with Gasteiger partial charge in [-0.2, -0.15) is 0 Å². The number of para-hydroxylation sites is 1. The first-order valence-electron chi connectivity index (χ1n) is 5.70. The standard InChI is InChI=1S/C13H20N2/c1-11-5-3-4-6-12(11)15-10-13(7-8-13)9-14-2/h3-6,14-15H,7-10H2,1-2H3. The fraction of sp³-hybridized carbons (Fsp3) is 0.538. The highest BCUT2D eigenvalue weighted by atomic mass is 14.9. The average molecular weight is 204 g/mol. The molecule has 0 heterocycles. The highest BCUT2D eigenvalue weighted by Gasteiger charge is 2.41. The lowest BCUT2D eigenvalue weighted by molar-refractivity contribution is 0.507. The number of anilines is 1. The van der Waals surface area contributed by atoms with Gasteiger partial charge in [-0.05, 0) is 38.4 Å². The zero-order valence-electron chi connectivity index (χ0n) is 9.64. The fourth-order valence-electron chi connectivity index (χ4n) is 2.02. The summed E-state index contributed by atoms with van der Waals surface area (Å²) in [6.07, 6.45) is 2.71. The molecule has 0 unspecified atom stereocenters. The van der Waals surface area contributed by atoms with Crippen LogP contribution in [0.5, 0.6) is 0 Å². The van der Waals surface area contributed by atoms with Crippen molar-refractivity contribution < 1.29 is 0 Å². The van der Waals surface area contributed by atoms with E-state index in [1.54, 1.807) is 0 Å². The topological polar surface area (TPSA) is 24.1 Å². The molecule has 0 radical (unpaired) electrons. The molecule has 1 aliphatic rings. The lowest BCUT2D eigenvalue weighted by atomic mass is 10.1. The minimum Gasteiger partial charge on any atom is -0.384 e. The summed E-state index contributed by atoms with van der Waals surface area (Å²) in [4.78, 5) is 0. The number of benzene rings is 1. The number of hydrogen-bond donors (Lipinski definition) is 2. The predicted molar refractivity (Wildman–Crippen MR) is 65.3 cm³/mol. The second-order valence-corrected chi connectivity index (χ2v) is 4.70. The summed E-state index contributed by atoms with van der Waals surface area (Å²) in [6, 6.07) is 8.48. The average Bonchev–Trinajstić information content (AvgIpc) is 2.98. The second-order valence-electron chi connectivity index (χ2n) is 4.70. The van der Waals surface area contributed by atoms with E-state index in [1.807, 2.05) is 7.05 Å². The van der Waals surface area contributed by atoms with E-state index in [-0.39, 0.29) is 0 Å². The maximum Gasteiger partial charge on any atom is 0.0370 e. The van der Waals surface area contributed by atoms with E-state index >= 15 is 0 Å². The van der Waals surface area contributed by atoms with Crippen molar-refractivity contribution >= 4 is 5.69 Å². The molecule has 0 aromatic heterocycles. The smallest absolute Gasteiger partial charge is 0.0370 e. The van der Waals surface area contributed by atoms with Gasteiger partial charge in [0.15, 0.2) is 0 Å². The quantitative estimate of drug-likeness (QED) is 0.769. The molecular formula is C13H20N2. The van der Waals surface area contributed by atoms with Gasteiger partial charge in [-0.3, -0.25) is 0 Å². The van der Waals surface area contributed by atoms with Crippen LogP contribution >= 0.6 is 0 Å². The lowest BCUT2D eigenvalue weighted by Gasteiger charge is -2.17. The molecule has 2 heteroatoms. The van der Waals surface area contributed by atoms with Crippen molar-refractivity contribution in [1.82, 2.24) is 5.32 Å². The maximum absolute atomic E-state index is 3.56. The van der Waals surface area contributed by atoms with Crippen LogP contribution < -0.4 is 10.6 Å². The molecule has 0 atom stereocenters. The van der Waals surface area contributed by atoms with Crippen molar-refractivity contribution in [2.45, 2.75) is 19.8 Å². The number of rotatable bonds is 5. The normalized spacial score (nSPS) is 17.5. The van der Waals surface area contributed by atoms with Crippen molar-refractivity contribution in [2.75, 3.05) is 25.5 Å². The Morgan fingerprint density at radius 1 is 1.20 bits per heavy atom. The predicted octanol–water partition coefficient (Wildman–Crippen LogP) is 2.41. The maximum atomic E-state index is 3.56. The molecule has 2 N–H and O–H groups in total. The SMILES string of the molecule is CNCC1(CNc2ccccc2C)CC1. The summed E-state index contributed by atoms with van der Waals surface area (Å²) in [6.45, 7) is 4.38. The summed E-state index contributed by atoms with van der Waals surface area (Å²) in [5.74, 6) is 0. The summed E-state index contributed by atoms with van der Waals surface area (Å²) < 4.78 is 0. The molecule has 0 saturated heterocycles. The van der Waals surface area contributed by atoms with Gasteiger partial charge in [-0.1, -0.05) is 18.2 Å². The Labute approximate surface area is 92.1 Å². The third-order valence-corrected chi connectivity index (χ3v) is 3.31. The van der Waals surface area contributed by atoms with Crippen LogP contribution in [-0.2, 0) is 0 Å². The molecule has 0 amide bonds. The molecule has 1 saturated carbocycles. The summed E-state index contributed by atoms with van der Waals surface area (Å²) in [7, 11) is 2.04. The van der Waals surface area contributed by atoms with E-state index in [0.717, 1.165) is 13.1 Å². The van der Waals surface area contributed by atoms with E-state index in [0.29, 0.717) is 5.41 Å². The molecule has 1 fully saturated rings. The largest absolute Gasteiger partial charge is 0.384 e. The third-order valence-electron chi connectivity index (χ3n) is 3.31. The number of hydrogen-bond acceptors (Lipinski definition) is 2. The molecule has 1 aromatic rings. The minimum atomic E-state index is 0.525. The first-order valence-corrected chi connectivity index (χ1v) is 5.70. The van der Waals surface area contributed by atoms with Gasteiger partial charge in [0.1, 0.15) is 0 Å². The molecule has 2 rings (SSSR count). The summed E-state index contributed by atoms with van der Waals surface area (Å²) in [5.41, 5.74) is 3.13. The van der Waals surface area contributed by atoms with E-state index in [1.165, 1.54) is 24.1 Å². The Kier molecular flexibility index (Phi) is 2.96.